The van der Waals surface area contributed by atoms with Gasteiger partial charge in [0.25, 0.3) is 0 Å². The molecule has 0 saturated heterocycles. The number of hydrogen-bond acceptors (Lipinski definition) is 1. The molecule has 0 N–H and O–H groups in total. The maximum absolute atomic E-state index is 6.02. The van der Waals surface area contributed by atoms with Crippen LogP contribution in [0.4, 0.5) is 0 Å². The van der Waals surface area contributed by atoms with Crippen molar-refractivity contribution in [3.05, 3.63) is 35.9 Å². The number of hydrogen-bond donors (Lipinski definition) is 0. The summed E-state index contributed by atoms with van der Waals surface area (Å²) in [5.41, 5.74) is 2.26. The summed E-state index contributed by atoms with van der Waals surface area (Å²) in [7, 11) is 0. The third-order valence-corrected chi connectivity index (χ3v) is 2.54. The molecule has 0 aliphatic rings. The van der Waals surface area contributed by atoms with Gasteiger partial charge in [0.05, 0.1) is 0 Å². The van der Waals surface area contributed by atoms with E-state index in [0.29, 0.717) is 0 Å². The van der Waals surface area contributed by atoms with E-state index in [2.05, 4.69) is 52.5 Å². The van der Waals surface area contributed by atoms with E-state index >= 15 is 0 Å². The topological polar surface area (TPSA) is 9.23 Å². The summed E-state index contributed by atoms with van der Waals surface area (Å²) in [4.78, 5) is 0. The lowest BCUT2D eigenvalue weighted by molar-refractivity contribution is 0.129. The molecule has 1 nitrogen and oxygen atoms in total. The van der Waals surface area contributed by atoms with E-state index in [0.717, 1.165) is 17.7 Å². The summed E-state index contributed by atoms with van der Waals surface area (Å²) >= 11 is 0. The Kier molecular flexibility index (Phi) is 4.80. The largest absolute Gasteiger partial charge is 0.488 e. The molecule has 0 fully saturated rings. The Labute approximate surface area is 106 Å². The van der Waals surface area contributed by atoms with E-state index < -0.39 is 0 Å². The van der Waals surface area contributed by atoms with Crippen LogP contribution in [-0.2, 0) is 6.42 Å². The first-order valence-electron chi connectivity index (χ1n) is 6.40. The van der Waals surface area contributed by atoms with E-state index in [9.17, 15) is 0 Å². The predicted octanol–water partition coefficient (Wildman–Crippen LogP) is 4.85. The molecule has 0 amide bonds. The van der Waals surface area contributed by atoms with Gasteiger partial charge in [0, 0.05) is 0 Å². The van der Waals surface area contributed by atoms with Gasteiger partial charge in [-0.05, 0) is 50.8 Å². The molecule has 17 heavy (non-hydrogen) atoms. The summed E-state index contributed by atoms with van der Waals surface area (Å²) in [6, 6.07) is 6.35. The van der Waals surface area contributed by atoms with Gasteiger partial charge >= 0.3 is 0 Å². The summed E-state index contributed by atoms with van der Waals surface area (Å²) in [5.74, 6) is 1.00. The van der Waals surface area contributed by atoms with Crippen LogP contribution in [0.2, 0.25) is 0 Å². The minimum absolute atomic E-state index is 0.152. The molecule has 94 valence electrons. The summed E-state index contributed by atoms with van der Waals surface area (Å²) < 4.78 is 6.02. The molecule has 0 spiro atoms. The minimum Gasteiger partial charge on any atom is -0.488 e. The first-order chi connectivity index (χ1) is 7.96. The Morgan fingerprint density at radius 3 is 2.53 bits per heavy atom. The second kappa shape index (κ2) is 5.90. The van der Waals surface area contributed by atoms with Gasteiger partial charge < -0.3 is 4.74 Å². The smallest absolute Gasteiger partial charge is 0.123 e. The van der Waals surface area contributed by atoms with Crippen LogP contribution in [0.5, 0.6) is 5.75 Å². The first kappa shape index (κ1) is 13.8. The SMILES string of the molecule is C=Cc1ccc(CCCC)c(OC(C)(C)C)c1. The minimum atomic E-state index is -0.152. The summed E-state index contributed by atoms with van der Waals surface area (Å²) in [5, 5.41) is 0. The highest BCUT2D eigenvalue weighted by atomic mass is 16.5. The highest BCUT2D eigenvalue weighted by Gasteiger charge is 2.14. The van der Waals surface area contributed by atoms with E-state index in [-0.39, 0.29) is 5.60 Å². The summed E-state index contributed by atoms with van der Waals surface area (Å²) in [6.07, 6.45) is 5.35. The number of rotatable bonds is 5. The van der Waals surface area contributed by atoms with Crippen LogP contribution in [0.25, 0.3) is 6.08 Å². The van der Waals surface area contributed by atoms with Crippen LogP contribution in [-0.4, -0.2) is 5.60 Å². The lowest BCUT2D eigenvalue weighted by atomic mass is 10.0. The van der Waals surface area contributed by atoms with Crippen molar-refractivity contribution in [2.75, 3.05) is 0 Å². The lowest BCUT2D eigenvalue weighted by Gasteiger charge is -2.23. The van der Waals surface area contributed by atoms with Crippen LogP contribution in [0.3, 0.4) is 0 Å². The number of aryl methyl sites for hydroxylation is 1. The van der Waals surface area contributed by atoms with Gasteiger partial charge in [0.1, 0.15) is 11.4 Å². The Hall–Kier alpha value is -1.24. The lowest BCUT2D eigenvalue weighted by Crippen LogP contribution is -2.23. The average molecular weight is 232 g/mol. The Morgan fingerprint density at radius 2 is 2.00 bits per heavy atom. The first-order valence-corrected chi connectivity index (χ1v) is 6.40. The molecule has 1 aromatic carbocycles. The quantitative estimate of drug-likeness (QED) is 0.705. The van der Waals surface area contributed by atoms with Crippen LogP contribution >= 0.6 is 0 Å². The highest BCUT2D eigenvalue weighted by Crippen LogP contribution is 2.26. The van der Waals surface area contributed by atoms with Crippen molar-refractivity contribution in [2.45, 2.75) is 52.6 Å². The molecule has 0 aliphatic heterocycles. The monoisotopic (exact) mass is 232 g/mol. The van der Waals surface area contributed by atoms with Gasteiger partial charge in [-0.25, -0.2) is 0 Å². The van der Waals surface area contributed by atoms with E-state index in [1.54, 1.807) is 0 Å². The second-order valence-corrected chi connectivity index (χ2v) is 5.39. The van der Waals surface area contributed by atoms with Crippen LogP contribution < -0.4 is 4.74 Å². The fourth-order valence-electron chi connectivity index (χ4n) is 1.70. The molecule has 0 aliphatic carbocycles. The maximum Gasteiger partial charge on any atom is 0.123 e. The molecule has 1 heteroatoms. The zero-order valence-electron chi connectivity index (χ0n) is 11.5. The zero-order chi connectivity index (χ0) is 12.9. The van der Waals surface area contributed by atoms with Crippen molar-refractivity contribution in [2.24, 2.45) is 0 Å². The van der Waals surface area contributed by atoms with Crippen molar-refractivity contribution < 1.29 is 4.74 Å². The van der Waals surface area contributed by atoms with Gasteiger partial charge in [-0.3, -0.25) is 0 Å². The molecular weight excluding hydrogens is 208 g/mol. The van der Waals surface area contributed by atoms with Crippen LogP contribution in [0, 0.1) is 0 Å². The van der Waals surface area contributed by atoms with Crippen molar-refractivity contribution in [3.8, 4) is 5.75 Å². The highest BCUT2D eigenvalue weighted by molar-refractivity contribution is 5.52. The predicted molar refractivity (Wildman–Crippen MR) is 75.5 cm³/mol. The average Bonchev–Trinajstić information content (AvgIpc) is 2.25. The van der Waals surface area contributed by atoms with Crippen molar-refractivity contribution in [1.82, 2.24) is 0 Å². The Morgan fingerprint density at radius 1 is 1.29 bits per heavy atom. The van der Waals surface area contributed by atoms with Gasteiger partial charge in [0.2, 0.25) is 0 Å². The Balaban J connectivity index is 2.98. The van der Waals surface area contributed by atoms with Crippen molar-refractivity contribution in [1.29, 1.82) is 0 Å². The molecule has 0 radical (unpaired) electrons. The Bertz CT molecular complexity index is 372. The zero-order valence-corrected chi connectivity index (χ0v) is 11.5. The molecular formula is C16H24O. The van der Waals surface area contributed by atoms with Crippen LogP contribution in [0.1, 0.15) is 51.7 Å². The molecule has 0 aromatic heterocycles. The van der Waals surface area contributed by atoms with Crippen molar-refractivity contribution in [3.63, 3.8) is 0 Å². The fourth-order valence-corrected chi connectivity index (χ4v) is 1.70. The number of benzene rings is 1. The third-order valence-electron chi connectivity index (χ3n) is 2.54. The molecule has 0 saturated carbocycles. The molecule has 0 heterocycles. The van der Waals surface area contributed by atoms with E-state index in [1.807, 2.05) is 6.08 Å². The number of unbranched alkanes of at least 4 members (excludes halogenated alkanes) is 1. The van der Waals surface area contributed by atoms with Gasteiger partial charge in [0.15, 0.2) is 0 Å². The third kappa shape index (κ3) is 4.64. The van der Waals surface area contributed by atoms with Crippen LogP contribution in [0.15, 0.2) is 24.8 Å². The number of ether oxygens (including phenoxy) is 1. The van der Waals surface area contributed by atoms with E-state index in [1.165, 1.54) is 18.4 Å². The molecule has 1 rings (SSSR count). The van der Waals surface area contributed by atoms with Gasteiger partial charge in [-0.1, -0.05) is 38.1 Å². The molecule has 0 bridgehead atoms. The molecule has 0 atom stereocenters. The van der Waals surface area contributed by atoms with Crippen molar-refractivity contribution >= 4 is 6.08 Å². The summed E-state index contributed by atoms with van der Waals surface area (Å²) in [6.45, 7) is 12.3. The van der Waals surface area contributed by atoms with Gasteiger partial charge in [-0.2, -0.15) is 0 Å². The van der Waals surface area contributed by atoms with E-state index in [4.69, 9.17) is 4.74 Å². The molecule has 1 aromatic rings. The maximum atomic E-state index is 6.02. The van der Waals surface area contributed by atoms with Gasteiger partial charge in [-0.15, -0.1) is 0 Å². The molecule has 0 unspecified atom stereocenters. The normalized spacial score (nSPS) is 11.3. The fraction of sp³-hybridized carbons (Fsp3) is 0.500. The second-order valence-electron chi connectivity index (χ2n) is 5.39. The standard InChI is InChI=1S/C16H24O/c1-6-8-9-14-11-10-13(7-2)12-15(14)17-16(3,4)5/h7,10-12H,2,6,8-9H2,1,3-5H3.